The molecule has 47 heavy (non-hydrogen) atoms. The molecule has 0 aromatic heterocycles. The molecule has 1 saturated carbocycles. The maximum absolute atomic E-state index is 14.6. The third kappa shape index (κ3) is 8.66. The molecule has 11 heteroatoms. The van der Waals surface area contributed by atoms with Gasteiger partial charge in [0.25, 0.3) is 10.0 Å². The van der Waals surface area contributed by atoms with Crippen molar-refractivity contribution in [3.63, 3.8) is 0 Å². The van der Waals surface area contributed by atoms with Gasteiger partial charge < -0.3 is 15.0 Å². The van der Waals surface area contributed by atoms with E-state index in [2.05, 4.69) is 5.32 Å². The summed E-state index contributed by atoms with van der Waals surface area (Å²) in [6, 6.07) is 27.9. The van der Waals surface area contributed by atoms with Gasteiger partial charge in [-0.05, 0) is 72.5 Å². The average molecular weight is 695 g/mol. The van der Waals surface area contributed by atoms with Crippen molar-refractivity contribution in [3.05, 3.63) is 124 Å². The van der Waals surface area contributed by atoms with Gasteiger partial charge in [0.2, 0.25) is 11.8 Å². The summed E-state index contributed by atoms with van der Waals surface area (Å²) in [5.41, 5.74) is 1.72. The largest absolute Gasteiger partial charge is 0.497 e. The first-order valence-corrected chi connectivity index (χ1v) is 17.6. The molecule has 0 spiro atoms. The van der Waals surface area contributed by atoms with Crippen LogP contribution in [0.15, 0.2) is 108 Å². The fourth-order valence-corrected chi connectivity index (χ4v) is 7.64. The fourth-order valence-electron chi connectivity index (χ4n) is 5.75. The number of nitrogens with one attached hydrogen (secondary N) is 1. The van der Waals surface area contributed by atoms with E-state index in [0.29, 0.717) is 27.0 Å². The van der Waals surface area contributed by atoms with Gasteiger partial charge in [0.05, 0.1) is 17.7 Å². The molecule has 1 atom stereocenters. The van der Waals surface area contributed by atoms with Gasteiger partial charge in [-0.3, -0.25) is 13.9 Å². The van der Waals surface area contributed by atoms with Gasteiger partial charge in [0, 0.05) is 29.1 Å². The van der Waals surface area contributed by atoms with E-state index in [1.165, 1.54) is 24.1 Å². The summed E-state index contributed by atoms with van der Waals surface area (Å²) in [6.45, 7) is -0.610. The van der Waals surface area contributed by atoms with Gasteiger partial charge in [-0.15, -0.1) is 0 Å². The average Bonchev–Trinajstić information content (AvgIpc) is 3.59. The zero-order valence-corrected chi connectivity index (χ0v) is 28.3. The minimum atomic E-state index is -4.23. The Hall–Kier alpha value is -4.05. The number of hydrogen-bond acceptors (Lipinski definition) is 5. The van der Waals surface area contributed by atoms with Crippen LogP contribution in [0.5, 0.6) is 5.75 Å². The van der Waals surface area contributed by atoms with Crippen molar-refractivity contribution in [2.75, 3.05) is 18.0 Å². The number of benzene rings is 4. The molecule has 246 valence electrons. The van der Waals surface area contributed by atoms with Gasteiger partial charge in [0.15, 0.2) is 0 Å². The lowest BCUT2D eigenvalue weighted by atomic mass is 10.0. The minimum absolute atomic E-state index is 0.00751. The first-order valence-electron chi connectivity index (χ1n) is 15.5. The topological polar surface area (TPSA) is 96.0 Å². The van der Waals surface area contributed by atoms with Crippen LogP contribution in [0, 0.1) is 0 Å². The van der Waals surface area contributed by atoms with Gasteiger partial charge in [-0.2, -0.15) is 0 Å². The van der Waals surface area contributed by atoms with E-state index < -0.39 is 28.5 Å². The van der Waals surface area contributed by atoms with E-state index in [9.17, 15) is 18.0 Å². The maximum atomic E-state index is 14.6. The highest BCUT2D eigenvalue weighted by molar-refractivity contribution is 7.92. The predicted octanol–water partition coefficient (Wildman–Crippen LogP) is 6.90. The number of halogens is 2. The number of ether oxygens (including phenoxy) is 1. The number of rotatable bonds is 13. The Balaban J connectivity index is 1.56. The van der Waals surface area contributed by atoms with Crippen LogP contribution < -0.4 is 14.4 Å². The maximum Gasteiger partial charge on any atom is 0.264 e. The molecule has 0 aliphatic heterocycles. The van der Waals surface area contributed by atoms with E-state index in [-0.39, 0.29) is 29.8 Å². The highest BCUT2D eigenvalue weighted by atomic mass is 35.5. The van der Waals surface area contributed by atoms with Gasteiger partial charge in [-0.25, -0.2) is 8.42 Å². The normalized spacial score (nSPS) is 13.9. The summed E-state index contributed by atoms with van der Waals surface area (Å²) in [4.78, 5) is 30.1. The number of amides is 2. The van der Waals surface area contributed by atoms with Crippen LogP contribution in [0.4, 0.5) is 5.69 Å². The third-order valence-electron chi connectivity index (χ3n) is 8.30. The smallest absolute Gasteiger partial charge is 0.264 e. The highest BCUT2D eigenvalue weighted by Crippen LogP contribution is 2.28. The van der Waals surface area contributed by atoms with Crippen LogP contribution in [0.1, 0.15) is 36.8 Å². The van der Waals surface area contributed by atoms with Gasteiger partial charge in [-0.1, -0.05) is 90.6 Å². The summed E-state index contributed by atoms with van der Waals surface area (Å²) in [7, 11) is -2.74. The lowest BCUT2D eigenvalue weighted by molar-refractivity contribution is -0.140. The number of hydrogen-bond donors (Lipinski definition) is 1. The van der Waals surface area contributed by atoms with Crippen molar-refractivity contribution in [2.45, 2.75) is 55.6 Å². The second-order valence-corrected chi connectivity index (χ2v) is 14.2. The molecule has 8 nitrogen and oxygen atoms in total. The molecule has 0 radical (unpaired) electrons. The van der Waals surface area contributed by atoms with Crippen LogP contribution in [0.3, 0.4) is 0 Å². The van der Waals surface area contributed by atoms with Crippen molar-refractivity contribution in [1.82, 2.24) is 10.2 Å². The molecule has 1 N–H and O–H groups in total. The third-order valence-corrected chi connectivity index (χ3v) is 10.7. The van der Waals surface area contributed by atoms with Crippen LogP contribution in [0.25, 0.3) is 0 Å². The first-order chi connectivity index (χ1) is 22.7. The lowest BCUT2D eigenvalue weighted by Gasteiger charge is -2.34. The van der Waals surface area contributed by atoms with Crippen LogP contribution in [-0.4, -0.2) is 50.9 Å². The van der Waals surface area contributed by atoms with Crippen LogP contribution >= 0.6 is 23.2 Å². The summed E-state index contributed by atoms with van der Waals surface area (Å²) in [5, 5.41) is 3.92. The second kappa shape index (κ2) is 15.7. The molecule has 0 heterocycles. The number of nitrogens with zero attached hydrogens (tertiary/aromatic N) is 2. The quantitative estimate of drug-likeness (QED) is 0.164. The number of carbonyl (C=O) groups is 2. The monoisotopic (exact) mass is 693 g/mol. The fraction of sp³-hybridized carbons (Fsp3) is 0.278. The summed E-state index contributed by atoms with van der Waals surface area (Å²) in [5.74, 6) is -0.378. The van der Waals surface area contributed by atoms with Crippen LogP contribution in [-0.2, 0) is 32.6 Å². The van der Waals surface area contributed by atoms with Crippen molar-refractivity contribution < 1.29 is 22.7 Å². The number of methoxy groups -OCH3 is 1. The van der Waals surface area contributed by atoms with Crippen molar-refractivity contribution in [3.8, 4) is 5.75 Å². The Morgan fingerprint density at radius 3 is 2.15 bits per heavy atom. The summed E-state index contributed by atoms with van der Waals surface area (Å²) in [6.07, 6.45) is 3.98. The van der Waals surface area contributed by atoms with E-state index >= 15 is 0 Å². The van der Waals surface area contributed by atoms with E-state index in [1.807, 2.05) is 30.3 Å². The lowest BCUT2D eigenvalue weighted by Crippen LogP contribution is -2.54. The number of anilines is 1. The van der Waals surface area contributed by atoms with Crippen molar-refractivity contribution in [1.29, 1.82) is 0 Å². The van der Waals surface area contributed by atoms with Crippen molar-refractivity contribution >= 4 is 50.7 Å². The molecule has 1 fully saturated rings. The Morgan fingerprint density at radius 1 is 0.894 bits per heavy atom. The molecule has 1 aliphatic carbocycles. The molecule has 2 amide bonds. The molecular formula is C36H37Cl2N3O5S. The number of para-hydroxylation sites is 1. The number of sulfonamides is 1. The first kappa shape index (κ1) is 34.3. The zero-order valence-electron chi connectivity index (χ0n) is 26.0. The number of carbonyl (C=O) groups excluding carboxylic acids is 2. The Kier molecular flexibility index (Phi) is 11.4. The van der Waals surface area contributed by atoms with E-state index in [1.54, 1.807) is 60.7 Å². The van der Waals surface area contributed by atoms with E-state index in [0.717, 1.165) is 35.6 Å². The zero-order chi connectivity index (χ0) is 33.4. The molecule has 1 aliphatic rings. The minimum Gasteiger partial charge on any atom is -0.497 e. The molecule has 4 aromatic rings. The Labute approximate surface area is 286 Å². The van der Waals surface area contributed by atoms with Gasteiger partial charge in [0.1, 0.15) is 18.3 Å². The highest BCUT2D eigenvalue weighted by Gasteiger charge is 2.35. The predicted molar refractivity (Wildman–Crippen MR) is 185 cm³/mol. The van der Waals surface area contributed by atoms with Crippen LogP contribution in [0.2, 0.25) is 10.0 Å². The molecule has 5 rings (SSSR count). The second-order valence-electron chi connectivity index (χ2n) is 11.5. The Bertz CT molecular complexity index is 1770. The molecular weight excluding hydrogens is 657 g/mol. The summed E-state index contributed by atoms with van der Waals surface area (Å²) < 4.78 is 34.6. The van der Waals surface area contributed by atoms with Gasteiger partial charge >= 0.3 is 0 Å². The molecule has 1 unspecified atom stereocenters. The molecule has 0 bridgehead atoms. The van der Waals surface area contributed by atoms with E-state index in [4.69, 9.17) is 27.9 Å². The van der Waals surface area contributed by atoms with Crippen molar-refractivity contribution in [2.24, 2.45) is 0 Å². The SMILES string of the molecule is COc1ccc(S(=O)(=O)N(CC(=O)N(Cc2ccc(Cl)cc2Cl)C(Cc2ccccc2)C(=O)NC2CCCC2)c2ccccc2)cc1. The Morgan fingerprint density at radius 2 is 1.53 bits per heavy atom. The molecule has 4 aromatic carbocycles. The molecule has 0 saturated heterocycles. The summed E-state index contributed by atoms with van der Waals surface area (Å²) >= 11 is 12.8. The standard InChI is InChI=1S/C36H37Cl2N3O5S/c1-46-31-18-20-32(21-19-31)47(44,45)41(30-14-6-3-7-15-30)25-35(42)40(24-27-16-17-28(37)23-33(27)38)34(22-26-10-4-2-5-11-26)36(43)39-29-12-8-9-13-29/h2-7,10-11,14-21,23,29,34H,8-9,12-13,22,24-25H2,1H3,(H,39,43).